The van der Waals surface area contributed by atoms with Crippen LogP contribution >= 0.6 is 0 Å². The zero-order valence-corrected chi connectivity index (χ0v) is 9.83. The molecule has 0 radical (unpaired) electrons. The Labute approximate surface area is 92.1 Å². The van der Waals surface area contributed by atoms with E-state index < -0.39 is 5.97 Å². The highest BCUT2D eigenvalue weighted by Gasteiger charge is 2.52. The van der Waals surface area contributed by atoms with Gasteiger partial charge in [0.2, 0.25) is 0 Å². The molecule has 2 aliphatic rings. The summed E-state index contributed by atoms with van der Waals surface area (Å²) in [5, 5.41) is 9.53. The Bertz CT molecular complexity index is 261. The summed E-state index contributed by atoms with van der Waals surface area (Å²) in [7, 11) is 0. The number of hydrogen-bond donors (Lipinski definition) is 1. The van der Waals surface area contributed by atoms with Crippen LogP contribution in [0, 0.1) is 23.2 Å². The highest BCUT2D eigenvalue weighted by molar-refractivity contribution is 5.75. The molecule has 2 fully saturated rings. The molecule has 0 aromatic heterocycles. The van der Waals surface area contributed by atoms with E-state index in [-0.39, 0.29) is 5.41 Å². The minimum atomic E-state index is -0.522. The van der Waals surface area contributed by atoms with Gasteiger partial charge in [0.25, 0.3) is 0 Å². The summed E-state index contributed by atoms with van der Waals surface area (Å²) in [6, 6.07) is 0. The molecule has 4 atom stereocenters. The highest BCUT2D eigenvalue weighted by Crippen LogP contribution is 2.54. The minimum Gasteiger partial charge on any atom is -0.481 e. The highest BCUT2D eigenvalue weighted by atomic mass is 16.4. The summed E-state index contributed by atoms with van der Waals surface area (Å²) in [5.74, 6) is 1.22. The molecule has 0 aliphatic heterocycles. The van der Waals surface area contributed by atoms with Crippen LogP contribution in [0.25, 0.3) is 0 Å². The molecule has 1 N–H and O–H groups in total. The van der Waals surface area contributed by atoms with Crippen LogP contribution in [0.1, 0.15) is 52.4 Å². The van der Waals surface area contributed by atoms with Crippen LogP contribution in [-0.4, -0.2) is 11.1 Å². The van der Waals surface area contributed by atoms with Crippen molar-refractivity contribution >= 4 is 5.97 Å². The molecule has 2 rings (SSSR count). The van der Waals surface area contributed by atoms with E-state index in [1.165, 1.54) is 6.42 Å². The molecule has 0 spiro atoms. The number of carboxylic acid groups (broad SMARTS) is 1. The number of fused-ring (bicyclic) bond motifs is 1. The first kappa shape index (κ1) is 11.0. The van der Waals surface area contributed by atoms with Gasteiger partial charge >= 0.3 is 5.97 Å². The molecular weight excluding hydrogens is 188 g/mol. The van der Waals surface area contributed by atoms with Crippen LogP contribution in [0.5, 0.6) is 0 Å². The zero-order valence-electron chi connectivity index (χ0n) is 9.83. The van der Waals surface area contributed by atoms with Crippen molar-refractivity contribution in [3.63, 3.8) is 0 Å². The third-order valence-electron chi connectivity index (χ3n) is 5.10. The van der Waals surface area contributed by atoms with Crippen molar-refractivity contribution < 1.29 is 9.90 Å². The van der Waals surface area contributed by atoms with Gasteiger partial charge in [-0.25, -0.2) is 0 Å². The third kappa shape index (κ3) is 1.58. The molecule has 0 aromatic rings. The molecule has 2 heteroatoms. The second kappa shape index (κ2) is 3.80. The Morgan fingerprint density at radius 2 is 1.93 bits per heavy atom. The fraction of sp³-hybridized carbons (Fsp3) is 0.923. The molecule has 0 heterocycles. The van der Waals surface area contributed by atoms with Crippen LogP contribution in [0.3, 0.4) is 0 Å². The second-order valence-electron chi connectivity index (χ2n) is 5.69. The van der Waals surface area contributed by atoms with Gasteiger partial charge in [-0.15, -0.1) is 0 Å². The van der Waals surface area contributed by atoms with Crippen LogP contribution in [0.2, 0.25) is 0 Å². The van der Waals surface area contributed by atoms with Gasteiger partial charge in [0.15, 0.2) is 0 Å². The Hall–Kier alpha value is -0.530. The summed E-state index contributed by atoms with van der Waals surface area (Å²) < 4.78 is 0. The maximum absolute atomic E-state index is 11.6. The van der Waals surface area contributed by atoms with E-state index in [4.69, 9.17) is 0 Å². The van der Waals surface area contributed by atoms with E-state index in [1.807, 2.05) is 0 Å². The molecule has 0 aromatic carbocycles. The molecule has 2 aliphatic carbocycles. The molecule has 0 amide bonds. The maximum atomic E-state index is 11.6. The maximum Gasteiger partial charge on any atom is 0.309 e. The van der Waals surface area contributed by atoms with Gasteiger partial charge in [-0.1, -0.05) is 26.7 Å². The van der Waals surface area contributed by atoms with Gasteiger partial charge in [-0.05, 0) is 43.4 Å². The van der Waals surface area contributed by atoms with E-state index in [0.29, 0.717) is 17.8 Å². The zero-order chi connectivity index (χ0) is 11.1. The van der Waals surface area contributed by atoms with E-state index in [0.717, 1.165) is 32.1 Å². The van der Waals surface area contributed by atoms with Crippen molar-refractivity contribution in [2.24, 2.45) is 23.2 Å². The van der Waals surface area contributed by atoms with Crippen molar-refractivity contribution in [2.45, 2.75) is 52.4 Å². The smallest absolute Gasteiger partial charge is 0.309 e. The van der Waals surface area contributed by atoms with Crippen molar-refractivity contribution in [2.75, 3.05) is 0 Å². The fourth-order valence-electron chi connectivity index (χ4n) is 3.86. The Balaban J connectivity index is 2.28. The lowest BCUT2D eigenvalue weighted by Gasteiger charge is -2.50. The lowest BCUT2D eigenvalue weighted by Crippen LogP contribution is -2.48. The first-order valence-electron chi connectivity index (χ1n) is 6.31. The van der Waals surface area contributed by atoms with Crippen molar-refractivity contribution in [3.8, 4) is 0 Å². The van der Waals surface area contributed by atoms with Gasteiger partial charge in [-0.3, -0.25) is 4.79 Å². The van der Waals surface area contributed by atoms with Gasteiger partial charge in [0.05, 0.1) is 5.41 Å². The van der Waals surface area contributed by atoms with Gasteiger partial charge in [0.1, 0.15) is 0 Å². The molecule has 0 bridgehead atoms. The van der Waals surface area contributed by atoms with Gasteiger partial charge < -0.3 is 5.11 Å². The summed E-state index contributed by atoms with van der Waals surface area (Å²) in [5.41, 5.74) is -0.357. The largest absolute Gasteiger partial charge is 0.481 e. The molecule has 2 saturated carbocycles. The quantitative estimate of drug-likeness (QED) is 0.721. The van der Waals surface area contributed by atoms with Crippen molar-refractivity contribution in [1.82, 2.24) is 0 Å². The average molecular weight is 210 g/mol. The van der Waals surface area contributed by atoms with E-state index in [2.05, 4.69) is 13.8 Å². The number of rotatable bonds is 1. The Kier molecular flexibility index (Phi) is 2.78. The first-order valence-corrected chi connectivity index (χ1v) is 6.31. The molecular formula is C13H22O2. The topological polar surface area (TPSA) is 37.3 Å². The van der Waals surface area contributed by atoms with Crippen molar-refractivity contribution in [1.29, 1.82) is 0 Å². The third-order valence-corrected chi connectivity index (χ3v) is 5.10. The van der Waals surface area contributed by atoms with Crippen molar-refractivity contribution in [3.05, 3.63) is 0 Å². The summed E-state index contributed by atoms with van der Waals surface area (Å²) >= 11 is 0. The summed E-state index contributed by atoms with van der Waals surface area (Å²) in [6.45, 7) is 4.54. The first-order chi connectivity index (χ1) is 7.08. The van der Waals surface area contributed by atoms with E-state index >= 15 is 0 Å². The SMILES string of the molecule is CC1CCC2(C(=O)O)CCCCC2C1C. The normalized spacial score (nSPS) is 45.9. The molecule has 4 unspecified atom stereocenters. The molecule has 0 saturated heterocycles. The number of hydrogen-bond acceptors (Lipinski definition) is 1. The minimum absolute atomic E-state index is 0.357. The Morgan fingerprint density at radius 1 is 1.20 bits per heavy atom. The predicted octanol–water partition coefficient (Wildman–Crippen LogP) is 3.31. The van der Waals surface area contributed by atoms with Gasteiger partial charge in [-0.2, -0.15) is 0 Å². The molecule has 15 heavy (non-hydrogen) atoms. The lowest BCUT2D eigenvalue weighted by atomic mass is 9.54. The number of carbonyl (C=O) groups is 1. The van der Waals surface area contributed by atoms with Crippen LogP contribution in [0.4, 0.5) is 0 Å². The second-order valence-corrected chi connectivity index (χ2v) is 5.69. The van der Waals surface area contributed by atoms with Gasteiger partial charge in [0, 0.05) is 0 Å². The Morgan fingerprint density at radius 3 is 2.60 bits per heavy atom. The standard InChI is InChI=1S/C13H22O2/c1-9-6-8-13(12(14)15)7-4-3-5-11(13)10(9)2/h9-11H,3-8H2,1-2H3,(H,14,15). The molecule has 86 valence electrons. The van der Waals surface area contributed by atoms with E-state index in [9.17, 15) is 9.90 Å². The van der Waals surface area contributed by atoms with Crippen LogP contribution < -0.4 is 0 Å². The molecule has 2 nitrogen and oxygen atoms in total. The van der Waals surface area contributed by atoms with Crippen LogP contribution in [0.15, 0.2) is 0 Å². The summed E-state index contributed by atoms with van der Waals surface area (Å²) in [4.78, 5) is 11.6. The number of aliphatic carboxylic acids is 1. The monoisotopic (exact) mass is 210 g/mol. The fourth-order valence-corrected chi connectivity index (χ4v) is 3.86. The van der Waals surface area contributed by atoms with E-state index in [1.54, 1.807) is 0 Å². The van der Waals surface area contributed by atoms with Crippen LogP contribution in [-0.2, 0) is 4.79 Å². The summed E-state index contributed by atoms with van der Waals surface area (Å²) in [6.07, 6.45) is 6.42. The number of carboxylic acids is 1. The average Bonchev–Trinajstić information content (AvgIpc) is 2.24. The lowest BCUT2D eigenvalue weighted by molar-refractivity contribution is -0.162. The predicted molar refractivity (Wildman–Crippen MR) is 59.6 cm³/mol.